The summed E-state index contributed by atoms with van der Waals surface area (Å²) in [6, 6.07) is 7.86. The zero-order valence-electron chi connectivity index (χ0n) is 25.8. The summed E-state index contributed by atoms with van der Waals surface area (Å²) in [6.07, 6.45) is -4.29. The Labute approximate surface area is 258 Å². The highest BCUT2D eigenvalue weighted by molar-refractivity contribution is 6.01. The number of carbonyl (C=O) groups is 4. The predicted molar refractivity (Wildman–Crippen MR) is 156 cm³/mol. The van der Waals surface area contributed by atoms with Gasteiger partial charge in [0.1, 0.15) is 25.2 Å². The Morgan fingerprint density at radius 1 is 0.956 bits per heavy atom. The first-order valence-electron chi connectivity index (χ1n) is 13.8. The number of ketones is 1. The van der Waals surface area contributed by atoms with Gasteiger partial charge in [0.2, 0.25) is 11.7 Å². The smallest absolute Gasteiger partial charge is 0.452 e. The summed E-state index contributed by atoms with van der Waals surface area (Å²) in [5.41, 5.74) is 0.687. The molecule has 0 saturated carbocycles. The molecule has 1 N–H and O–H groups in total. The quantitative estimate of drug-likeness (QED) is 0.356. The molecule has 0 fully saturated rings. The maximum absolute atomic E-state index is 14.0. The summed E-state index contributed by atoms with van der Waals surface area (Å²) in [7, 11) is 5.47. The number of alkyl halides is 3. The molecule has 0 bridgehead atoms. The molecule has 1 aliphatic rings. The molecule has 1 heterocycles. The van der Waals surface area contributed by atoms with E-state index in [0.29, 0.717) is 5.56 Å². The third kappa shape index (κ3) is 8.12. The molecule has 45 heavy (non-hydrogen) atoms. The van der Waals surface area contributed by atoms with Crippen molar-refractivity contribution in [1.29, 1.82) is 0 Å². The van der Waals surface area contributed by atoms with Gasteiger partial charge in [0, 0.05) is 25.3 Å². The molecule has 3 rings (SSSR count). The molecule has 1 aliphatic heterocycles. The van der Waals surface area contributed by atoms with Crippen LogP contribution < -0.4 is 19.5 Å². The number of methoxy groups -OCH3 is 4. The summed E-state index contributed by atoms with van der Waals surface area (Å²) in [5, 5.41) is 2.17. The Hall–Kier alpha value is -4.59. The van der Waals surface area contributed by atoms with Crippen molar-refractivity contribution in [3.63, 3.8) is 0 Å². The monoisotopic (exact) mass is 635 g/mol. The van der Waals surface area contributed by atoms with Gasteiger partial charge in [-0.25, -0.2) is 0 Å². The highest BCUT2D eigenvalue weighted by atomic mass is 19.4. The van der Waals surface area contributed by atoms with Gasteiger partial charge >= 0.3 is 6.18 Å². The molecule has 11 nitrogen and oxygen atoms in total. The zero-order valence-corrected chi connectivity index (χ0v) is 25.8. The number of carbonyl (C=O) groups excluding carboxylic acids is 4. The average Bonchev–Trinajstić information content (AvgIpc) is 3.00. The fraction of sp³-hybridized carbons (Fsp3) is 0.419. The molecule has 0 aromatic heterocycles. The molecule has 2 aromatic rings. The summed E-state index contributed by atoms with van der Waals surface area (Å²) in [5.74, 6) is -4.21. The molecule has 2 unspecified atom stereocenters. The number of halogens is 3. The van der Waals surface area contributed by atoms with Gasteiger partial charge in [-0.2, -0.15) is 13.2 Å². The summed E-state index contributed by atoms with van der Waals surface area (Å²) in [4.78, 5) is 55.1. The van der Waals surface area contributed by atoms with Gasteiger partial charge in [0.15, 0.2) is 11.5 Å². The van der Waals surface area contributed by atoms with E-state index in [2.05, 4.69) is 5.32 Å². The third-order valence-corrected chi connectivity index (χ3v) is 7.03. The minimum atomic E-state index is -5.22. The lowest BCUT2D eigenvalue weighted by Crippen LogP contribution is -2.57. The first-order valence-corrected chi connectivity index (χ1v) is 13.8. The lowest BCUT2D eigenvalue weighted by Gasteiger charge is -2.41. The molecule has 244 valence electrons. The van der Waals surface area contributed by atoms with Crippen molar-refractivity contribution in [3.05, 3.63) is 59.8 Å². The van der Waals surface area contributed by atoms with Crippen molar-refractivity contribution in [1.82, 2.24) is 15.1 Å². The van der Waals surface area contributed by atoms with Crippen molar-refractivity contribution in [2.75, 3.05) is 41.6 Å². The van der Waals surface area contributed by atoms with Gasteiger partial charge in [-0.1, -0.05) is 44.2 Å². The van der Waals surface area contributed by atoms with E-state index in [1.165, 1.54) is 63.8 Å². The van der Waals surface area contributed by atoms with Crippen molar-refractivity contribution < 1.29 is 51.3 Å². The maximum Gasteiger partial charge on any atom is 0.452 e. The highest BCUT2D eigenvalue weighted by Gasteiger charge is 2.45. The van der Waals surface area contributed by atoms with Crippen LogP contribution in [0.5, 0.6) is 17.2 Å². The molecule has 2 atom stereocenters. The van der Waals surface area contributed by atoms with Crippen LogP contribution in [0.2, 0.25) is 0 Å². The molecule has 0 radical (unpaired) electrons. The van der Waals surface area contributed by atoms with Gasteiger partial charge in [-0.3, -0.25) is 24.1 Å². The van der Waals surface area contributed by atoms with Crippen molar-refractivity contribution >= 4 is 29.2 Å². The van der Waals surface area contributed by atoms with E-state index in [4.69, 9.17) is 18.9 Å². The van der Waals surface area contributed by atoms with Crippen LogP contribution in [-0.4, -0.2) is 93.2 Å². The lowest BCUT2D eigenvalue weighted by atomic mass is 9.96. The van der Waals surface area contributed by atoms with E-state index in [-0.39, 0.29) is 35.1 Å². The predicted octanol–water partition coefficient (Wildman–Crippen LogP) is 3.21. The maximum atomic E-state index is 14.0. The number of hydrogen-bond acceptors (Lipinski definition) is 8. The standard InChI is InChI=1S/C31H36F3N3O8/c1-18(2)27-30(41)36(16-25(38)35-21(29(40)31(32,33)34)12-19-10-8-7-9-11-19)22(15-37(27)26(39)17-42-3)20-13-23(43-4)28(45-6)24(14-20)44-5/h7-11,13-15,18,21,27H,12,16-17H2,1-6H3,(H,35,38). The van der Waals surface area contributed by atoms with Crippen LogP contribution in [0.3, 0.4) is 0 Å². The molecule has 0 saturated heterocycles. The lowest BCUT2D eigenvalue weighted by molar-refractivity contribution is -0.173. The number of nitrogens with one attached hydrogen (secondary N) is 1. The van der Waals surface area contributed by atoms with Gasteiger partial charge < -0.3 is 29.2 Å². The van der Waals surface area contributed by atoms with E-state index in [1.54, 1.807) is 32.0 Å². The fourth-order valence-electron chi connectivity index (χ4n) is 4.97. The number of Topliss-reactive ketones (excluding diaryl/α,β-unsaturated/α-hetero) is 1. The summed E-state index contributed by atoms with van der Waals surface area (Å²) >= 11 is 0. The van der Waals surface area contributed by atoms with Crippen LogP contribution in [-0.2, 0) is 30.3 Å². The third-order valence-electron chi connectivity index (χ3n) is 7.03. The average molecular weight is 636 g/mol. The number of ether oxygens (including phenoxy) is 4. The van der Waals surface area contributed by atoms with Crippen molar-refractivity contribution in [3.8, 4) is 17.2 Å². The number of nitrogens with zero attached hydrogens (tertiary/aromatic N) is 2. The molecule has 2 aromatic carbocycles. The molecule has 0 aliphatic carbocycles. The van der Waals surface area contributed by atoms with Crippen LogP contribution in [0, 0.1) is 5.92 Å². The first kappa shape index (κ1) is 34.9. The Balaban J connectivity index is 2.11. The van der Waals surface area contributed by atoms with Gasteiger partial charge in [-0.05, 0) is 23.6 Å². The topological polar surface area (TPSA) is 124 Å². The minimum absolute atomic E-state index is 0.0394. The Morgan fingerprint density at radius 3 is 2.04 bits per heavy atom. The normalized spacial score (nSPS) is 15.8. The van der Waals surface area contributed by atoms with E-state index in [0.717, 1.165) is 4.90 Å². The summed E-state index contributed by atoms with van der Waals surface area (Å²) < 4.78 is 61.8. The Kier molecular flexibility index (Phi) is 11.6. The second kappa shape index (κ2) is 14.9. The van der Waals surface area contributed by atoms with Crippen LogP contribution in [0.4, 0.5) is 13.2 Å². The first-order chi connectivity index (χ1) is 21.3. The molecule has 3 amide bonds. The van der Waals surface area contributed by atoms with E-state index in [1.807, 2.05) is 0 Å². The van der Waals surface area contributed by atoms with E-state index >= 15 is 0 Å². The number of benzene rings is 2. The van der Waals surface area contributed by atoms with Crippen LogP contribution in [0.15, 0.2) is 48.7 Å². The van der Waals surface area contributed by atoms with Crippen molar-refractivity contribution in [2.45, 2.75) is 38.5 Å². The number of amides is 3. The SMILES string of the molecule is COCC(=O)N1C=C(c2cc(OC)c(OC)c(OC)c2)N(CC(=O)NC(Cc2ccccc2)C(=O)C(F)(F)F)C(=O)C1C(C)C. The number of rotatable bonds is 13. The molecular weight excluding hydrogens is 599 g/mol. The van der Waals surface area contributed by atoms with Gasteiger partial charge in [0.25, 0.3) is 17.6 Å². The zero-order chi connectivity index (χ0) is 33.5. The fourth-order valence-corrected chi connectivity index (χ4v) is 4.97. The molecular formula is C31H36F3N3O8. The van der Waals surface area contributed by atoms with Crippen molar-refractivity contribution in [2.24, 2.45) is 5.92 Å². The Morgan fingerprint density at radius 2 is 1.56 bits per heavy atom. The van der Waals surface area contributed by atoms with E-state index < -0.39 is 60.6 Å². The van der Waals surface area contributed by atoms with Crippen LogP contribution >= 0.6 is 0 Å². The molecule has 0 spiro atoms. The van der Waals surface area contributed by atoms with Gasteiger partial charge in [-0.15, -0.1) is 0 Å². The highest BCUT2D eigenvalue weighted by Crippen LogP contribution is 2.41. The van der Waals surface area contributed by atoms with Crippen LogP contribution in [0.1, 0.15) is 25.0 Å². The minimum Gasteiger partial charge on any atom is -0.493 e. The second-order valence-corrected chi connectivity index (χ2v) is 10.4. The molecule has 14 heteroatoms. The van der Waals surface area contributed by atoms with Crippen LogP contribution in [0.25, 0.3) is 5.70 Å². The van der Waals surface area contributed by atoms with Gasteiger partial charge in [0.05, 0.1) is 27.0 Å². The van der Waals surface area contributed by atoms with E-state index in [9.17, 15) is 32.3 Å². The Bertz CT molecular complexity index is 1400. The largest absolute Gasteiger partial charge is 0.493 e. The second-order valence-electron chi connectivity index (χ2n) is 10.4. The summed E-state index contributed by atoms with van der Waals surface area (Å²) in [6.45, 7) is 2.28. The number of hydrogen-bond donors (Lipinski definition) is 1.